The van der Waals surface area contributed by atoms with Crippen molar-refractivity contribution in [2.75, 3.05) is 0 Å². The molecule has 5 heteroatoms. The molecule has 0 aliphatic heterocycles. The van der Waals surface area contributed by atoms with Gasteiger partial charge in [-0.3, -0.25) is 4.79 Å². The normalized spacial score (nSPS) is 11.1. The van der Waals surface area contributed by atoms with Crippen LogP contribution >= 0.6 is 0 Å². The highest BCUT2D eigenvalue weighted by atomic mass is 16.4. The van der Waals surface area contributed by atoms with Gasteiger partial charge in [-0.05, 0) is 26.0 Å². The number of aromatic nitrogens is 3. The number of benzene rings is 2. The lowest BCUT2D eigenvalue weighted by Crippen LogP contribution is -2.09. The van der Waals surface area contributed by atoms with E-state index in [1.165, 1.54) is 0 Å². The molecule has 0 bridgehead atoms. The van der Waals surface area contributed by atoms with Crippen molar-refractivity contribution in [3.8, 4) is 22.8 Å². The molecule has 5 nitrogen and oxygen atoms in total. The maximum atomic E-state index is 12.3. The van der Waals surface area contributed by atoms with Crippen molar-refractivity contribution in [1.82, 2.24) is 15.0 Å². The highest BCUT2D eigenvalue weighted by molar-refractivity contribution is 5.74. The van der Waals surface area contributed by atoms with Crippen LogP contribution in [0.4, 0.5) is 0 Å². The van der Waals surface area contributed by atoms with Gasteiger partial charge in [-0.2, -0.15) is 4.98 Å². The monoisotopic (exact) mass is 317 g/mol. The number of nitrogens with one attached hydrogen (secondary N) is 1. The lowest BCUT2D eigenvalue weighted by molar-refractivity contribution is 0.607. The van der Waals surface area contributed by atoms with Crippen LogP contribution in [0.25, 0.3) is 34.1 Å². The summed E-state index contributed by atoms with van der Waals surface area (Å²) in [4.78, 5) is 23.8. The third-order valence-corrected chi connectivity index (χ3v) is 3.89. The van der Waals surface area contributed by atoms with E-state index < -0.39 is 0 Å². The molecule has 2 aromatic heterocycles. The van der Waals surface area contributed by atoms with Crippen molar-refractivity contribution in [3.05, 3.63) is 70.0 Å². The Labute approximate surface area is 138 Å². The summed E-state index contributed by atoms with van der Waals surface area (Å²) in [6, 6.07) is 15.5. The predicted molar refractivity (Wildman–Crippen MR) is 92.8 cm³/mol. The van der Waals surface area contributed by atoms with E-state index in [2.05, 4.69) is 15.0 Å². The van der Waals surface area contributed by atoms with Crippen LogP contribution in [0.3, 0.4) is 0 Å². The van der Waals surface area contributed by atoms with Crippen molar-refractivity contribution in [2.45, 2.75) is 13.8 Å². The fraction of sp³-hybridized carbons (Fsp3) is 0.105. The van der Waals surface area contributed by atoms with Crippen molar-refractivity contribution in [1.29, 1.82) is 0 Å². The highest BCUT2D eigenvalue weighted by Gasteiger charge is 2.14. The summed E-state index contributed by atoms with van der Waals surface area (Å²) in [6.07, 6.45) is 0. The number of nitrogens with zero attached hydrogens (tertiary/aromatic N) is 2. The molecule has 0 saturated heterocycles. The van der Waals surface area contributed by atoms with Gasteiger partial charge in [0.15, 0.2) is 5.52 Å². The topological polar surface area (TPSA) is 71.8 Å². The second kappa shape index (κ2) is 5.45. The van der Waals surface area contributed by atoms with Gasteiger partial charge in [-0.15, -0.1) is 0 Å². The standard InChI is InChI=1S/C19H15N3O2/c1-11-3-7-13(8-4-11)16-21-17(23)15-19(22-16)24-18(20-15)14-9-5-12(2)6-10-14/h3-10H,1-2H3,(H,21,22,23). The zero-order valence-corrected chi connectivity index (χ0v) is 13.3. The molecule has 4 aromatic rings. The Morgan fingerprint density at radius 3 is 2.04 bits per heavy atom. The predicted octanol–water partition coefficient (Wildman–Crippen LogP) is 3.86. The van der Waals surface area contributed by atoms with E-state index in [4.69, 9.17) is 4.42 Å². The van der Waals surface area contributed by atoms with Gasteiger partial charge < -0.3 is 9.40 Å². The van der Waals surface area contributed by atoms with E-state index in [9.17, 15) is 4.79 Å². The number of fused-ring (bicyclic) bond motifs is 1. The fourth-order valence-corrected chi connectivity index (χ4v) is 2.50. The first kappa shape index (κ1) is 14.4. The summed E-state index contributed by atoms with van der Waals surface area (Å²) in [5.41, 5.74) is 4.07. The minimum atomic E-state index is -0.308. The zero-order valence-electron chi connectivity index (χ0n) is 13.3. The molecule has 0 atom stereocenters. The van der Waals surface area contributed by atoms with Gasteiger partial charge >= 0.3 is 0 Å². The van der Waals surface area contributed by atoms with Gasteiger partial charge in [0.1, 0.15) is 5.82 Å². The van der Waals surface area contributed by atoms with Crippen LogP contribution in [0.5, 0.6) is 0 Å². The van der Waals surface area contributed by atoms with Crippen molar-refractivity contribution >= 4 is 11.2 Å². The molecule has 0 fully saturated rings. The molecular formula is C19H15N3O2. The fourth-order valence-electron chi connectivity index (χ4n) is 2.50. The summed E-state index contributed by atoms with van der Waals surface area (Å²) in [6.45, 7) is 4.02. The van der Waals surface area contributed by atoms with Crippen LogP contribution in [0, 0.1) is 13.8 Å². The van der Waals surface area contributed by atoms with E-state index in [1.807, 2.05) is 62.4 Å². The average Bonchev–Trinajstić information content (AvgIpc) is 3.01. The Morgan fingerprint density at radius 1 is 0.833 bits per heavy atom. The van der Waals surface area contributed by atoms with Gasteiger partial charge in [0, 0.05) is 11.1 Å². The number of oxazole rings is 1. The molecule has 0 spiro atoms. The quantitative estimate of drug-likeness (QED) is 0.609. The first-order valence-electron chi connectivity index (χ1n) is 7.65. The van der Waals surface area contributed by atoms with Gasteiger partial charge in [0.2, 0.25) is 5.89 Å². The molecule has 0 amide bonds. The molecule has 0 unspecified atom stereocenters. The van der Waals surface area contributed by atoms with Gasteiger partial charge in [0.25, 0.3) is 11.3 Å². The molecule has 1 N–H and O–H groups in total. The van der Waals surface area contributed by atoms with E-state index in [-0.39, 0.29) is 16.8 Å². The average molecular weight is 317 g/mol. The third kappa shape index (κ3) is 2.50. The van der Waals surface area contributed by atoms with E-state index >= 15 is 0 Å². The Morgan fingerprint density at radius 2 is 1.42 bits per heavy atom. The first-order chi connectivity index (χ1) is 11.6. The first-order valence-corrected chi connectivity index (χ1v) is 7.65. The molecule has 2 heterocycles. The number of H-pyrrole nitrogens is 1. The number of aryl methyl sites for hydroxylation is 2. The summed E-state index contributed by atoms with van der Waals surface area (Å²) in [5.74, 6) is 0.864. The van der Waals surface area contributed by atoms with Crippen molar-refractivity contribution in [3.63, 3.8) is 0 Å². The van der Waals surface area contributed by atoms with Crippen LogP contribution in [0.15, 0.2) is 57.7 Å². The van der Waals surface area contributed by atoms with E-state index in [0.717, 1.165) is 22.3 Å². The van der Waals surface area contributed by atoms with Crippen LogP contribution < -0.4 is 5.56 Å². The van der Waals surface area contributed by atoms with Crippen LogP contribution in [-0.2, 0) is 0 Å². The Hall–Kier alpha value is -3.21. The smallest absolute Gasteiger partial charge is 0.281 e. The molecular weight excluding hydrogens is 302 g/mol. The Bertz CT molecular complexity index is 1070. The SMILES string of the molecule is Cc1ccc(-c2nc3oc(-c4ccc(C)cc4)nc3c(=O)[nH]2)cc1. The summed E-state index contributed by atoms with van der Waals surface area (Å²) < 4.78 is 5.72. The van der Waals surface area contributed by atoms with E-state index in [0.29, 0.717) is 11.7 Å². The largest absolute Gasteiger partial charge is 0.417 e. The highest BCUT2D eigenvalue weighted by Crippen LogP contribution is 2.23. The Kier molecular flexibility index (Phi) is 3.27. The molecule has 2 aromatic carbocycles. The van der Waals surface area contributed by atoms with Crippen molar-refractivity contribution in [2.24, 2.45) is 0 Å². The van der Waals surface area contributed by atoms with Gasteiger partial charge in [-0.25, -0.2) is 4.98 Å². The summed E-state index contributed by atoms with van der Waals surface area (Å²) >= 11 is 0. The molecule has 0 saturated carbocycles. The summed E-state index contributed by atoms with van der Waals surface area (Å²) in [5, 5.41) is 0. The lowest BCUT2D eigenvalue weighted by Gasteiger charge is -2.00. The minimum Gasteiger partial charge on any atom is -0.417 e. The molecule has 4 rings (SSSR count). The number of rotatable bonds is 2. The van der Waals surface area contributed by atoms with Crippen molar-refractivity contribution < 1.29 is 4.42 Å². The van der Waals surface area contributed by atoms with Gasteiger partial charge in [-0.1, -0.05) is 47.5 Å². The van der Waals surface area contributed by atoms with Crippen LogP contribution in [-0.4, -0.2) is 15.0 Å². The molecule has 0 aliphatic carbocycles. The Balaban J connectivity index is 1.85. The number of hydrogen-bond donors (Lipinski definition) is 1. The zero-order chi connectivity index (χ0) is 16.7. The van der Waals surface area contributed by atoms with Crippen LogP contribution in [0.2, 0.25) is 0 Å². The minimum absolute atomic E-state index is 0.210. The maximum Gasteiger partial charge on any atom is 0.281 e. The molecule has 24 heavy (non-hydrogen) atoms. The second-order valence-electron chi connectivity index (χ2n) is 5.82. The maximum absolute atomic E-state index is 12.3. The number of aromatic amines is 1. The third-order valence-electron chi connectivity index (χ3n) is 3.89. The summed E-state index contributed by atoms with van der Waals surface area (Å²) in [7, 11) is 0. The van der Waals surface area contributed by atoms with E-state index in [1.54, 1.807) is 0 Å². The van der Waals surface area contributed by atoms with Crippen LogP contribution in [0.1, 0.15) is 11.1 Å². The molecule has 118 valence electrons. The molecule has 0 radical (unpaired) electrons. The van der Waals surface area contributed by atoms with Gasteiger partial charge in [0.05, 0.1) is 0 Å². The number of hydrogen-bond acceptors (Lipinski definition) is 4. The lowest BCUT2D eigenvalue weighted by atomic mass is 10.1. The molecule has 0 aliphatic rings. The second-order valence-corrected chi connectivity index (χ2v) is 5.82.